The van der Waals surface area contributed by atoms with Crippen LogP contribution in [-0.4, -0.2) is 37.2 Å². The van der Waals surface area contributed by atoms with Crippen molar-refractivity contribution in [1.82, 2.24) is 10.6 Å². The summed E-state index contributed by atoms with van der Waals surface area (Å²) in [7, 11) is 0. The lowest BCUT2D eigenvalue weighted by molar-refractivity contribution is -0.144. The Morgan fingerprint density at radius 1 is 1.19 bits per heavy atom. The van der Waals surface area contributed by atoms with Crippen LogP contribution in [0.1, 0.15) is 38.7 Å². The molecule has 0 bridgehead atoms. The zero-order valence-corrected chi connectivity index (χ0v) is 15.2. The highest BCUT2D eigenvalue weighted by Gasteiger charge is 2.30. The highest BCUT2D eigenvalue weighted by molar-refractivity contribution is 5.94. The first-order valence-electron chi connectivity index (χ1n) is 8.60. The van der Waals surface area contributed by atoms with Gasteiger partial charge in [-0.05, 0) is 25.3 Å². The first kappa shape index (κ1) is 19.5. The van der Waals surface area contributed by atoms with Crippen LogP contribution in [0.25, 0.3) is 0 Å². The molecule has 26 heavy (non-hydrogen) atoms. The molecule has 0 saturated carbocycles. The van der Waals surface area contributed by atoms with Gasteiger partial charge >= 0.3 is 18.0 Å². The molecule has 2 N–H and O–H groups in total. The second-order valence-corrected chi connectivity index (χ2v) is 6.11. The predicted molar refractivity (Wildman–Crippen MR) is 95.2 cm³/mol. The van der Waals surface area contributed by atoms with Gasteiger partial charge in [0.05, 0.1) is 30.3 Å². The van der Waals surface area contributed by atoms with E-state index in [0.717, 1.165) is 5.56 Å². The monoisotopic (exact) mass is 360 g/mol. The molecule has 1 aliphatic heterocycles. The van der Waals surface area contributed by atoms with Gasteiger partial charge in [-0.3, -0.25) is 4.79 Å². The van der Waals surface area contributed by atoms with Crippen LogP contribution < -0.4 is 10.6 Å². The lowest BCUT2D eigenvalue weighted by Crippen LogP contribution is -2.50. The molecule has 7 heteroatoms. The van der Waals surface area contributed by atoms with Crippen molar-refractivity contribution in [2.24, 2.45) is 0 Å². The summed E-state index contributed by atoms with van der Waals surface area (Å²) in [6.45, 7) is 5.33. The van der Waals surface area contributed by atoms with Gasteiger partial charge < -0.3 is 20.1 Å². The lowest BCUT2D eigenvalue weighted by atomic mass is 9.98. The zero-order chi connectivity index (χ0) is 19.1. The molecule has 1 heterocycles. The second kappa shape index (κ2) is 9.03. The van der Waals surface area contributed by atoms with E-state index in [1.165, 1.54) is 0 Å². The van der Waals surface area contributed by atoms with Gasteiger partial charge in [0, 0.05) is 0 Å². The van der Waals surface area contributed by atoms with Crippen molar-refractivity contribution < 1.29 is 23.9 Å². The maximum atomic E-state index is 12.1. The number of benzene rings is 1. The van der Waals surface area contributed by atoms with Gasteiger partial charge in [-0.2, -0.15) is 0 Å². The molecular weight excluding hydrogens is 336 g/mol. The largest absolute Gasteiger partial charge is 0.463 e. The van der Waals surface area contributed by atoms with Gasteiger partial charge in [-0.25, -0.2) is 9.59 Å². The van der Waals surface area contributed by atoms with Gasteiger partial charge in [0.15, 0.2) is 0 Å². The van der Waals surface area contributed by atoms with Crippen molar-refractivity contribution in [2.75, 3.05) is 13.2 Å². The molecule has 0 spiro atoms. The van der Waals surface area contributed by atoms with Gasteiger partial charge in [-0.15, -0.1) is 0 Å². The topological polar surface area (TPSA) is 93.7 Å². The molecule has 2 amide bonds. The minimum atomic E-state index is -0.545. The molecule has 0 aromatic heterocycles. The van der Waals surface area contributed by atoms with Crippen molar-refractivity contribution >= 4 is 18.0 Å². The van der Waals surface area contributed by atoms with Gasteiger partial charge in [0.2, 0.25) is 0 Å². The Kier molecular flexibility index (Phi) is 6.77. The minimum Gasteiger partial charge on any atom is -0.463 e. The average molecular weight is 360 g/mol. The van der Waals surface area contributed by atoms with Crippen molar-refractivity contribution in [1.29, 1.82) is 0 Å². The summed E-state index contributed by atoms with van der Waals surface area (Å²) in [4.78, 5) is 35.9. The fourth-order valence-electron chi connectivity index (χ4n) is 2.75. The first-order valence-corrected chi connectivity index (χ1v) is 8.60. The van der Waals surface area contributed by atoms with Crippen molar-refractivity contribution in [3.63, 3.8) is 0 Å². The number of esters is 2. The molecule has 1 aliphatic rings. The molecule has 1 aromatic rings. The molecule has 0 fully saturated rings. The highest BCUT2D eigenvalue weighted by Crippen LogP contribution is 2.20. The van der Waals surface area contributed by atoms with Crippen LogP contribution in [0, 0.1) is 0 Å². The maximum Gasteiger partial charge on any atom is 0.338 e. The fraction of sp³-hybridized carbons (Fsp3) is 0.421. The van der Waals surface area contributed by atoms with E-state index in [4.69, 9.17) is 9.47 Å². The number of hydrogen-bond acceptors (Lipinski definition) is 5. The van der Waals surface area contributed by atoms with E-state index < -0.39 is 24.0 Å². The van der Waals surface area contributed by atoms with E-state index in [0.29, 0.717) is 0 Å². The maximum absolute atomic E-state index is 12.1. The number of urea groups is 1. The van der Waals surface area contributed by atoms with E-state index in [2.05, 4.69) is 10.6 Å². The zero-order valence-electron chi connectivity index (χ0n) is 15.2. The van der Waals surface area contributed by atoms with Crippen LogP contribution in [0.15, 0.2) is 41.6 Å². The summed E-state index contributed by atoms with van der Waals surface area (Å²) in [6.07, 6.45) is 0.202. The Morgan fingerprint density at radius 3 is 2.54 bits per heavy atom. The van der Waals surface area contributed by atoms with E-state index in [9.17, 15) is 14.4 Å². The number of rotatable bonds is 7. The smallest absolute Gasteiger partial charge is 0.338 e. The number of carbonyl (C=O) groups excluding carboxylic acids is 3. The van der Waals surface area contributed by atoms with E-state index in [-0.39, 0.29) is 36.8 Å². The summed E-state index contributed by atoms with van der Waals surface area (Å²) in [5, 5.41) is 5.12. The molecule has 0 unspecified atom stereocenters. The number of carbonyl (C=O) groups is 3. The van der Waals surface area contributed by atoms with Gasteiger partial charge in [0.1, 0.15) is 6.61 Å². The van der Waals surface area contributed by atoms with Crippen LogP contribution in [-0.2, 0) is 19.1 Å². The molecule has 1 aromatic carbocycles. The Balaban J connectivity index is 2.02. The Morgan fingerprint density at radius 2 is 1.88 bits per heavy atom. The number of nitrogens with one attached hydrogen (secondary N) is 2. The van der Waals surface area contributed by atoms with E-state index >= 15 is 0 Å². The molecule has 0 saturated heterocycles. The number of amides is 2. The normalized spacial score (nSPS) is 17.8. The van der Waals surface area contributed by atoms with Crippen molar-refractivity contribution in [3.05, 3.63) is 47.2 Å². The first-order chi connectivity index (χ1) is 12.4. The summed E-state index contributed by atoms with van der Waals surface area (Å²) in [5.41, 5.74) is 1.55. The third kappa shape index (κ3) is 5.08. The van der Waals surface area contributed by atoms with E-state index in [1.54, 1.807) is 13.8 Å². The van der Waals surface area contributed by atoms with Gasteiger partial charge in [-0.1, -0.05) is 37.3 Å². The van der Waals surface area contributed by atoms with Crippen LogP contribution >= 0.6 is 0 Å². The number of ether oxygens (including phenoxy) is 2. The van der Waals surface area contributed by atoms with Crippen LogP contribution in [0.5, 0.6) is 0 Å². The lowest BCUT2D eigenvalue weighted by Gasteiger charge is -2.26. The summed E-state index contributed by atoms with van der Waals surface area (Å²) in [5.74, 6) is -0.947. The van der Waals surface area contributed by atoms with Crippen molar-refractivity contribution in [2.45, 2.75) is 39.2 Å². The molecule has 0 aliphatic carbocycles. The quantitative estimate of drug-likeness (QED) is 0.728. The third-order valence-corrected chi connectivity index (χ3v) is 4.08. The van der Waals surface area contributed by atoms with Gasteiger partial charge in [0.25, 0.3) is 0 Å². The Labute approximate surface area is 152 Å². The SMILES string of the molecule is CCOC(=O)C1=C(COC(=O)C[C@H](C)c2ccccc2)NC(=O)N[C@H]1C. The highest BCUT2D eigenvalue weighted by atomic mass is 16.5. The number of hydrogen-bond donors (Lipinski definition) is 2. The molecular formula is C19H24N2O5. The third-order valence-electron chi connectivity index (χ3n) is 4.08. The minimum absolute atomic E-state index is 0.00347. The standard InChI is InChI=1S/C19H24N2O5/c1-4-25-18(23)17-13(3)20-19(24)21-15(17)11-26-16(22)10-12(2)14-8-6-5-7-9-14/h5-9,12-13H,4,10-11H2,1-3H3,(H2,20,21,24)/t12-,13-/m0/s1. The summed E-state index contributed by atoms with van der Waals surface area (Å²) >= 11 is 0. The molecule has 0 radical (unpaired) electrons. The molecule has 2 atom stereocenters. The van der Waals surface area contributed by atoms with Crippen LogP contribution in [0.2, 0.25) is 0 Å². The average Bonchev–Trinajstić information content (AvgIpc) is 2.60. The van der Waals surface area contributed by atoms with E-state index in [1.807, 2.05) is 37.3 Å². The molecule has 2 rings (SSSR count). The summed E-state index contributed by atoms with van der Waals surface area (Å²) in [6, 6.07) is 8.68. The molecule has 140 valence electrons. The fourth-order valence-corrected chi connectivity index (χ4v) is 2.75. The molecule has 7 nitrogen and oxygen atoms in total. The second-order valence-electron chi connectivity index (χ2n) is 6.11. The van der Waals surface area contributed by atoms with Crippen LogP contribution in [0.4, 0.5) is 4.79 Å². The van der Waals surface area contributed by atoms with Crippen LogP contribution in [0.3, 0.4) is 0 Å². The Hall–Kier alpha value is -2.83. The van der Waals surface area contributed by atoms with Crippen molar-refractivity contribution in [3.8, 4) is 0 Å². The predicted octanol–water partition coefficient (Wildman–Crippen LogP) is 2.24. The Bertz CT molecular complexity index is 699. The summed E-state index contributed by atoms with van der Waals surface area (Å²) < 4.78 is 10.3.